The Morgan fingerprint density at radius 3 is 2.67 bits per heavy atom. The van der Waals surface area contributed by atoms with Crippen molar-refractivity contribution in [1.29, 1.82) is 0 Å². The quantitative estimate of drug-likeness (QED) is 0.413. The van der Waals surface area contributed by atoms with Crippen molar-refractivity contribution in [3.63, 3.8) is 0 Å². The van der Waals surface area contributed by atoms with E-state index < -0.39 is 23.2 Å². The minimum Gasteiger partial charge on any atom is -0.489 e. The fourth-order valence-corrected chi connectivity index (χ4v) is 5.61. The highest BCUT2D eigenvalue weighted by molar-refractivity contribution is 5.85. The van der Waals surface area contributed by atoms with Crippen molar-refractivity contribution < 1.29 is 27.4 Å². The van der Waals surface area contributed by atoms with Gasteiger partial charge < -0.3 is 15.2 Å². The molecule has 5 rings (SSSR count). The number of nitrogens with zero attached hydrogens (tertiary/aromatic N) is 2. The van der Waals surface area contributed by atoms with Crippen molar-refractivity contribution in [2.45, 2.75) is 56.0 Å². The Labute approximate surface area is 231 Å². The predicted molar refractivity (Wildman–Crippen MR) is 143 cm³/mol. The molecule has 2 fully saturated rings. The van der Waals surface area contributed by atoms with Gasteiger partial charge in [0, 0.05) is 43.8 Å². The molecule has 2 aliphatic heterocycles. The van der Waals surface area contributed by atoms with Crippen LogP contribution in [-0.2, 0) is 15.7 Å². The number of primary amides is 1. The molecule has 3 aromatic rings. The molecule has 0 saturated carbocycles. The van der Waals surface area contributed by atoms with Gasteiger partial charge in [0.25, 0.3) is 0 Å². The minimum absolute atomic E-state index is 0. The van der Waals surface area contributed by atoms with Crippen LogP contribution in [0.4, 0.5) is 13.2 Å². The van der Waals surface area contributed by atoms with Crippen molar-refractivity contribution >= 4 is 18.3 Å². The van der Waals surface area contributed by atoms with Gasteiger partial charge in [-0.25, -0.2) is 0 Å². The summed E-state index contributed by atoms with van der Waals surface area (Å²) >= 11 is 0. The van der Waals surface area contributed by atoms with Gasteiger partial charge in [0.2, 0.25) is 5.91 Å². The largest absolute Gasteiger partial charge is 0.489 e. The first-order valence-electron chi connectivity index (χ1n) is 12.8. The summed E-state index contributed by atoms with van der Waals surface area (Å²) in [6, 6.07) is 13.1. The lowest BCUT2D eigenvalue weighted by molar-refractivity contribution is -0.142. The Morgan fingerprint density at radius 2 is 2.00 bits per heavy atom. The van der Waals surface area contributed by atoms with Crippen molar-refractivity contribution in [3.05, 3.63) is 72.1 Å². The van der Waals surface area contributed by atoms with E-state index in [4.69, 9.17) is 15.2 Å². The number of likely N-dealkylation sites (tertiary alicyclic amines) is 1. The molecule has 0 radical (unpaired) electrons. The van der Waals surface area contributed by atoms with Gasteiger partial charge in [0.05, 0.1) is 17.9 Å². The number of hydrogen-bond donors (Lipinski definition) is 2. The van der Waals surface area contributed by atoms with Crippen molar-refractivity contribution in [3.8, 4) is 16.9 Å². The summed E-state index contributed by atoms with van der Waals surface area (Å²) in [5.74, 6) is -0.225. The van der Waals surface area contributed by atoms with Gasteiger partial charge in [-0.2, -0.15) is 18.3 Å². The minimum atomic E-state index is -4.44. The summed E-state index contributed by atoms with van der Waals surface area (Å²) in [6.07, 6.45) is 0.0772. The highest BCUT2D eigenvalue weighted by Crippen LogP contribution is 2.39. The van der Waals surface area contributed by atoms with Gasteiger partial charge in [-0.1, -0.05) is 37.3 Å². The third kappa shape index (κ3) is 6.08. The van der Waals surface area contributed by atoms with E-state index in [1.807, 2.05) is 23.2 Å². The molecule has 2 saturated heterocycles. The molecule has 1 aromatic heterocycles. The van der Waals surface area contributed by atoms with Crippen LogP contribution in [-0.4, -0.2) is 58.4 Å². The molecular weight excluding hydrogens is 533 g/mol. The third-order valence-corrected chi connectivity index (χ3v) is 7.89. The van der Waals surface area contributed by atoms with Crippen LogP contribution >= 0.6 is 12.4 Å². The fourth-order valence-electron chi connectivity index (χ4n) is 5.61. The van der Waals surface area contributed by atoms with E-state index in [0.29, 0.717) is 39.0 Å². The number of nitrogens with one attached hydrogen (secondary N) is 1. The molecule has 0 aliphatic carbocycles. The molecule has 7 nitrogen and oxygen atoms in total. The van der Waals surface area contributed by atoms with Gasteiger partial charge in [-0.15, -0.1) is 12.4 Å². The number of amides is 1. The summed E-state index contributed by atoms with van der Waals surface area (Å²) < 4.78 is 51.4. The number of benzene rings is 2. The van der Waals surface area contributed by atoms with Gasteiger partial charge in [0.1, 0.15) is 17.4 Å². The molecule has 2 aromatic carbocycles. The van der Waals surface area contributed by atoms with Crippen LogP contribution in [0.2, 0.25) is 0 Å². The molecule has 3 N–H and O–H groups in total. The van der Waals surface area contributed by atoms with Crippen LogP contribution in [0, 0.1) is 0 Å². The Kier molecular flexibility index (Phi) is 8.58. The first-order valence-corrected chi connectivity index (χ1v) is 12.8. The molecule has 2 aliphatic rings. The number of hydrogen-bond acceptors (Lipinski definition) is 5. The number of rotatable bonds is 7. The maximum atomic E-state index is 13.1. The van der Waals surface area contributed by atoms with E-state index in [2.05, 4.69) is 29.3 Å². The molecule has 210 valence electrons. The first kappa shape index (κ1) is 28.9. The molecule has 2 unspecified atom stereocenters. The van der Waals surface area contributed by atoms with Crippen LogP contribution in [0.5, 0.6) is 5.75 Å². The lowest BCUT2D eigenvalue weighted by atomic mass is 9.79. The summed E-state index contributed by atoms with van der Waals surface area (Å²) in [7, 11) is 0. The average molecular weight is 565 g/mol. The Balaban J connectivity index is 0.00000353. The molecule has 11 heteroatoms. The van der Waals surface area contributed by atoms with Crippen molar-refractivity contribution in [1.82, 2.24) is 15.1 Å². The van der Waals surface area contributed by atoms with Crippen LogP contribution in [0.25, 0.3) is 11.1 Å². The van der Waals surface area contributed by atoms with Crippen molar-refractivity contribution in [2.75, 3.05) is 19.7 Å². The molecule has 4 atom stereocenters. The van der Waals surface area contributed by atoms with E-state index >= 15 is 0 Å². The number of carbonyl (C=O) groups is 1. The summed E-state index contributed by atoms with van der Waals surface area (Å²) in [4.78, 5) is 15.0. The monoisotopic (exact) mass is 564 g/mol. The maximum Gasteiger partial charge on any atom is 0.416 e. The number of alkyl halides is 3. The van der Waals surface area contributed by atoms with E-state index in [9.17, 15) is 18.0 Å². The van der Waals surface area contributed by atoms with E-state index in [-0.39, 0.29) is 36.3 Å². The zero-order valence-electron chi connectivity index (χ0n) is 21.5. The normalized spacial score (nSPS) is 24.6. The molecule has 39 heavy (non-hydrogen) atoms. The predicted octanol–water partition coefficient (Wildman–Crippen LogP) is 5.18. The van der Waals surface area contributed by atoms with E-state index in [0.717, 1.165) is 28.8 Å². The lowest BCUT2D eigenvalue weighted by Gasteiger charge is -2.46. The number of aromatic nitrogens is 2. The molecule has 3 heterocycles. The highest BCUT2D eigenvalue weighted by Gasteiger charge is 2.50. The second-order valence-corrected chi connectivity index (χ2v) is 10.2. The van der Waals surface area contributed by atoms with Crippen LogP contribution in [0.1, 0.15) is 43.2 Å². The van der Waals surface area contributed by atoms with E-state index in [1.54, 1.807) is 6.20 Å². The number of carbonyl (C=O) groups excluding carboxylic acids is 1. The molecule has 0 spiro atoms. The number of nitrogens with two attached hydrogens (primary N) is 1. The maximum absolute atomic E-state index is 13.1. The third-order valence-electron chi connectivity index (χ3n) is 7.89. The smallest absolute Gasteiger partial charge is 0.416 e. The number of ether oxygens (including phenoxy) is 2. The number of aromatic amines is 1. The van der Waals surface area contributed by atoms with Gasteiger partial charge in [-0.3, -0.25) is 14.8 Å². The first-order chi connectivity index (χ1) is 18.2. The second-order valence-electron chi connectivity index (χ2n) is 10.2. The zero-order chi connectivity index (χ0) is 26.9. The van der Waals surface area contributed by atoms with E-state index in [1.165, 1.54) is 12.1 Å². The number of H-pyrrole nitrogens is 1. The summed E-state index contributed by atoms with van der Waals surface area (Å²) in [5, 5.41) is 6.81. The topological polar surface area (TPSA) is 93.5 Å². The standard InChI is InChI=1S/C28H31F3N4O3.ClH/c1-18(19-5-7-20(8-6-19)21-15-33-34-16-21)25-14-27(26(32)36,10-12-37-25)35-11-9-24(17-35)38-23-4-2-3-22(13-23)28(29,30)31;/h2-8,13,15-16,18,24-25H,9-12,14,17H2,1H3,(H2,32,36)(H,33,34);1H/t18-,24+,25?,27?;/m0./s1. The Hall–Kier alpha value is -3.08. The second kappa shape index (κ2) is 11.6. The highest BCUT2D eigenvalue weighted by atomic mass is 35.5. The molecular formula is C28H32ClF3N4O3. The summed E-state index contributed by atoms with van der Waals surface area (Å²) in [6.45, 7) is 3.44. The van der Waals surface area contributed by atoms with Crippen LogP contribution < -0.4 is 10.5 Å². The Morgan fingerprint density at radius 1 is 1.23 bits per heavy atom. The zero-order valence-corrected chi connectivity index (χ0v) is 22.3. The van der Waals surface area contributed by atoms with Gasteiger partial charge in [0.15, 0.2) is 0 Å². The van der Waals surface area contributed by atoms with Gasteiger partial charge >= 0.3 is 6.18 Å². The van der Waals surface area contributed by atoms with Crippen LogP contribution in [0.3, 0.4) is 0 Å². The summed E-state index contributed by atoms with van der Waals surface area (Å²) in [5.41, 5.74) is 7.50. The lowest BCUT2D eigenvalue weighted by Crippen LogP contribution is -2.61. The molecule has 1 amide bonds. The SMILES string of the molecule is C[C@@H](c1ccc(-c2cn[nH]c2)cc1)C1CC(C(N)=O)(N2CC[C@@H](Oc3cccc(C(F)(F)F)c3)C2)CCO1.Cl. The van der Waals surface area contributed by atoms with Gasteiger partial charge in [-0.05, 0) is 42.2 Å². The van der Waals surface area contributed by atoms with Crippen LogP contribution in [0.15, 0.2) is 60.9 Å². The number of halogens is 4. The van der Waals surface area contributed by atoms with Crippen molar-refractivity contribution in [2.24, 2.45) is 5.73 Å². The Bertz CT molecular complexity index is 1260. The fraction of sp³-hybridized carbons (Fsp3) is 0.429. The molecule has 0 bridgehead atoms. The average Bonchev–Trinajstić information content (AvgIpc) is 3.61.